The number of benzene rings is 2. The highest BCUT2D eigenvalue weighted by molar-refractivity contribution is 5.83. The van der Waals surface area contributed by atoms with Gasteiger partial charge in [-0.15, -0.1) is 0 Å². The van der Waals surface area contributed by atoms with E-state index in [4.69, 9.17) is 0 Å². The van der Waals surface area contributed by atoms with Crippen molar-refractivity contribution in [3.63, 3.8) is 0 Å². The van der Waals surface area contributed by atoms with Crippen molar-refractivity contribution in [3.8, 4) is 0 Å². The van der Waals surface area contributed by atoms with Gasteiger partial charge < -0.3 is 15.6 Å². The molecule has 0 spiro atoms. The Labute approximate surface area is 148 Å². The van der Waals surface area contributed by atoms with Crippen molar-refractivity contribution < 1.29 is 4.79 Å². The first-order valence-electron chi connectivity index (χ1n) is 8.92. The van der Waals surface area contributed by atoms with Crippen LogP contribution in [0.15, 0.2) is 60.8 Å². The highest BCUT2D eigenvalue weighted by Gasteiger charge is 2.13. The monoisotopic (exact) mass is 335 g/mol. The fourth-order valence-corrected chi connectivity index (χ4v) is 3.15. The molecular formula is C21H25N3O. The molecule has 1 unspecified atom stereocenters. The van der Waals surface area contributed by atoms with Crippen molar-refractivity contribution in [3.05, 3.63) is 71.9 Å². The van der Waals surface area contributed by atoms with Crippen LogP contribution in [-0.4, -0.2) is 17.6 Å². The summed E-state index contributed by atoms with van der Waals surface area (Å²) < 4.78 is 0. The maximum Gasteiger partial charge on any atom is 0.315 e. The van der Waals surface area contributed by atoms with E-state index in [-0.39, 0.29) is 12.1 Å². The van der Waals surface area contributed by atoms with Gasteiger partial charge >= 0.3 is 6.03 Å². The summed E-state index contributed by atoms with van der Waals surface area (Å²) in [5.41, 5.74) is 3.51. The van der Waals surface area contributed by atoms with Gasteiger partial charge in [0.05, 0.1) is 6.04 Å². The number of amides is 2. The van der Waals surface area contributed by atoms with Gasteiger partial charge in [-0.1, -0.05) is 61.9 Å². The third-order valence-corrected chi connectivity index (χ3v) is 4.44. The third kappa shape index (κ3) is 4.41. The topological polar surface area (TPSA) is 56.9 Å². The Kier molecular flexibility index (Phi) is 5.73. The summed E-state index contributed by atoms with van der Waals surface area (Å²) in [5, 5.41) is 7.29. The molecule has 1 atom stereocenters. The van der Waals surface area contributed by atoms with E-state index >= 15 is 0 Å². The zero-order valence-electron chi connectivity index (χ0n) is 14.6. The van der Waals surface area contributed by atoms with Gasteiger partial charge in [0.2, 0.25) is 0 Å². The third-order valence-electron chi connectivity index (χ3n) is 4.44. The first-order chi connectivity index (χ1) is 12.3. The molecule has 130 valence electrons. The summed E-state index contributed by atoms with van der Waals surface area (Å²) >= 11 is 0. The van der Waals surface area contributed by atoms with Crippen LogP contribution in [0.5, 0.6) is 0 Å². The quantitative estimate of drug-likeness (QED) is 0.583. The lowest BCUT2D eigenvalue weighted by Gasteiger charge is -2.19. The second kappa shape index (κ2) is 8.38. The van der Waals surface area contributed by atoms with Gasteiger partial charge in [0, 0.05) is 23.6 Å². The number of carbonyl (C=O) groups is 1. The average Bonchev–Trinajstić information content (AvgIpc) is 3.05. The van der Waals surface area contributed by atoms with Crippen molar-refractivity contribution in [2.45, 2.75) is 32.2 Å². The zero-order valence-corrected chi connectivity index (χ0v) is 14.6. The smallest absolute Gasteiger partial charge is 0.315 e. The summed E-state index contributed by atoms with van der Waals surface area (Å²) in [7, 11) is 0. The molecule has 0 aliphatic heterocycles. The van der Waals surface area contributed by atoms with Gasteiger partial charge in [-0.25, -0.2) is 4.79 Å². The number of carbonyl (C=O) groups excluding carboxylic acids is 1. The Balaban J connectivity index is 1.53. The molecule has 25 heavy (non-hydrogen) atoms. The molecule has 0 saturated heterocycles. The number of rotatable bonds is 7. The standard InChI is InChI=1S/C21H25N3O/c1-2-8-19(16-9-4-3-5-10-16)24-21(25)22-14-13-17-15-23-20-12-7-6-11-18(17)20/h3-7,9-12,15,19,23H,2,8,13-14H2,1H3,(H2,22,24,25). The van der Waals surface area contributed by atoms with Crippen molar-refractivity contribution in [2.75, 3.05) is 6.54 Å². The summed E-state index contributed by atoms with van der Waals surface area (Å²) in [5.74, 6) is 0. The number of H-pyrrole nitrogens is 1. The average molecular weight is 335 g/mol. The van der Waals surface area contributed by atoms with E-state index in [2.05, 4.69) is 46.8 Å². The number of hydrogen-bond acceptors (Lipinski definition) is 1. The Bertz CT molecular complexity index is 810. The van der Waals surface area contributed by atoms with E-state index in [0.717, 1.165) is 30.3 Å². The van der Waals surface area contributed by atoms with Gasteiger partial charge in [0.1, 0.15) is 0 Å². The zero-order chi connectivity index (χ0) is 17.5. The predicted molar refractivity (Wildman–Crippen MR) is 103 cm³/mol. The first kappa shape index (κ1) is 17.1. The minimum atomic E-state index is -0.109. The van der Waals surface area contributed by atoms with Crippen molar-refractivity contribution in [1.82, 2.24) is 15.6 Å². The molecule has 0 aliphatic carbocycles. The number of nitrogens with one attached hydrogen (secondary N) is 3. The summed E-state index contributed by atoms with van der Waals surface area (Å²) in [6.45, 7) is 2.74. The summed E-state index contributed by atoms with van der Waals surface area (Å²) in [6.07, 6.45) is 4.78. The Hall–Kier alpha value is -2.75. The van der Waals surface area contributed by atoms with Crippen molar-refractivity contribution >= 4 is 16.9 Å². The number of hydrogen-bond donors (Lipinski definition) is 3. The van der Waals surface area contributed by atoms with Gasteiger partial charge in [-0.2, -0.15) is 0 Å². The largest absolute Gasteiger partial charge is 0.361 e. The Morgan fingerprint density at radius 1 is 1.08 bits per heavy atom. The molecule has 0 saturated carbocycles. The summed E-state index contributed by atoms with van der Waals surface area (Å²) in [6, 6.07) is 18.3. The van der Waals surface area contributed by atoms with Crippen LogP contribution in [0.2, 0.25) is 0 Å². The van der Waals surface area contributed by atoms with E-state index in [9.17, 15) is 4.79 Å². The number of urea groups is 1. The molecule has 0 bridgehead atoms. The molecule has 3 N–H and O–H groups in total. The van der Waals surface area contributed by atoms with Crippen LogP contribution in [0, 0.1) is 0 Å². The van der Waals surface area contributed by atoms with Crippen molar-refractivity contribution in [1.29, 1.82) is 0 Å². The molecule has 0 aliphatic rings. The first-order valence-corrected chi connectivity index (χ1v) is 8.92. The van der Waals surface area contributed by atoms with E-state index < -0.39 is 0 Å². The van der Waals surface area contributed by atoms with E-state index in [1.54, 1.807) is 0 Å². The Morgan fingerprint density at radius 3 is 2.64 bits per heavy atom. The number of fused-ring (bicyclic) bond motifs is 1. The van der Waals surface area contributed by atoms with Crippen LogP contribution in [0.25, 0.3) is 10.9 Å². The van der Waals surface area contributed by atoms with E-state index in [1.807, 2.05) is 36.5 Å². The van der Waals surface area contributed by atoms with Gasteiger partial charge in [-0.05, 0) is 30.0 Å². The predicted octanol–water partition coefficient (Wildman–Crippen LogP) is 4.55. The van der Waals surface area contributed by atoms with Crippen LogP contribution >= 0.6 is 0 Å². The van der Waals surface area contributed by atoms with Crippen LogP contribution in [0.3, 0.4) is 0 Å². The minimum absolute atomic E-state index is 0.0549. The van der Waals surface area contributed by atoms with Crippen LogP contribution in [0.1, 0.15) is 36.9 Å². The molecule has 1 aromatic heterocycles. The molecule has 2 aromatic carbocycles. The van der Waals surface area contributed by atoms with Gasteiger partial charge in [0.15, 0.2) is 0 Å². The molecule has 3 rings (SSSR count). The SMILES string of the molecule is CCCC(NC(=O)NCCc1c[nH]c2ccccc12)c1ccccc1. The van der Waals surface area contributed by atoms with E-state index in [0.29, 0.717) is 6.54 Å². The highest BCUT2D eigenvalue weighted by Crippen LogP contribution is 2.19. The fourth-order valence-electron chi connectivity index (χ4n) is 3.15. The molecule has 3 aromatic rings. The maximum absolute atomic E-state index is 12.3. The molecule has 4 heteroatoms. The molecule has 0 radical (unpaired) electrons. The van der Waals surface area contributed by atoms with Crippen molar-refractivity contribution in [2.24, 2.45) is 0 Å². The summed E-state index contributed by atoms with van der Waals surface area (Å²) in [4.78, 5) is 15.5. The highest BCUT2D eigenvalue weighted by atomic mass is 16.2. The molecule has 1 heterocycles. The van der Waals surface area contributed by atoms with Gasteiger partial charge in [0.25, 0.3) is 0 Å². The molecule has 0 fully saturated rings. The lowest BCUT2D eigenvalue weighted by Crippen LogP contribution is -2.38. The maximum atomic E-state index is 12.3. The second-order valence-corrected chi connectivity index (χ2v) is 6.26. The lowest BCUT2D eigenvalue weighted by atomic mass is 10.0. The van der Waals surface area contributed by atoms with Gasteiger partial charge in [-0.3, -0.25) is 0 Å². The number of para-hydroxylation sites is 1. The van der Waals surface area contributed by atoms with E-state index in [1.165, 1.54) is 10.9 Å². The van der Waals surface area contributed by atoms with Crippen LogP contribution < -0.4 is 10.6 Å². The lowest BCUT2D eigenvalue weighted by molar-refractivity contribution is 0.236. The van der Waals surface area contributed by atoms with Crippen LogP contribution in [-0.2, 0) is 6.42 Å². The minimum Gasteiger partial charge on any atom is -0.361 e. The normalized spacial score (nSPS) is 12.0. The Morgan fingerprint density at radius 2 is 1.84 bits per heavy atom. The molecular weight excluding hydrogens is 310 g/mol. The number of aromatic amines is 1. The number of aromatic nitrogens is 1. The molecule has 4 nitrogen and oxygen atoms in total. The fraction of sp³-hybridized carbons (Fsp3) is 0.286. The van der Waals surface area contributed by atoms with Crippen LogP contribution in [0.4, 0.5) is 4.79 Å². The molecule has 2 amide bonds. The second-order valence-electron chi connectivity index (χ2n) is 6.26.